The van der Waals surface area contributed by atoms with Crippen LogP contribution in [0.2, 0.25) is 0 Å². The Bertz CT molecular complexity index is 807. The molecule has 1 heterocycles. The summed E-state index contributed by atoms with van der Waals surface area (Å²) in [5.74, 6) is -4.21. The summed E-state index contributed by atoms with van der Waals surface area (Å²) in [6.07, 6.45) is 1.15. The van der Waals surface area contributed by atoms with Crippen LogP contribution >= 0.6 is 0 Å². The first kappa shape index (κ1) is 22.7. The maximum absolute atomic E-state index is 13.8. The molecule has 1 saturated heterocycles. The Labute approximate surface area is 164 Å². The number of rotatable bonds is 7. The van der Waals surface area contributed by atoms with E-state index in [-0.39, 0.29) is 29.6 Å². The first-order valence-electron chi connectivity index (χ1n) is 9.35. The second-order valence-electron chi connectivity index (χ2n) is 7.89. The summed E-state index contributed by atoms with van der Waals surface area (Å²) in [6, 6.07) is 0.861. The van der Waals surface area contributed by atoms with Crippen molar-refractivity contribution < 1.29 is 26.4 Å². The highest BCUT2D eigenvalue weighted by molar-refractivity contribution is 7.92. The molecule has 0 aliphatic carbocycles. The first-order valence-corrected chi connectivity index (χ1v) is 11.2. The van der Waals surface area contributed by atoms with Gasteiger partial charge in [-0.25, -0.2) is 21.6 Å². The minimum absolute atomic E-state index is 0.0182. The zero-order valence-corrected chi connectivity index (χ0v) is 16.9. The highest BCUT2D eigenvalue weighted by Crippen LogP contribution is 2.24. The number of nitrogens with zero attached hydrogens (tertiary/aromatic N) is 1. The molecule has 2 rings (SSSR count). The fraction of sp³-hybridized carbons (Fsp3) is 0.632. The Kier molecular flexibility index (Phi) is 7.50. The van der Waals surface area contributed by atoms with E-state index >= 15 is 0 Å². The van der Waals surface area contributed by atoms with Crippen molar-refractivity contribution in [2.75, 3.05) is 24.6 Å². The Morgan fingerprint density at radius 2 is 1.71 bits per heavy atom. The van der Waals surface area contributed by atoms with Gasteiger partial charge in [0.1, 0.15) is 11.6 Å². The highest BCUT2D eigenvalue weighted by atomic mass is 32.2. The Balaban J connectivity index is 1.89. The van der Waals surface area contributed by atoms with Crippen LogP contribution < -0.4 is 5.73 Å². The largest absolute Gasteiger partial charge is 0.342 e. The molecule has 1 fully saturated rings. The molecule has 1 aromatic carbocycles. The van der Waals surface area contributed by atoms with Crippen LogP contribution in [0.4, 0.5) is 13.2 Å². The lowest BCUT2D eigenvalue weighted by molar-refractivity contribution is -0.129. The molecular formula is C19H27F3N2O3S. The van der Waals surface area contributed by atoms with Gasteiger partial charge in [-0.1, -0.05) is 13.8 Å². The Hall–Kier alpha value is -1.61. The summed E-state index contributed by atoms with van der Waals surface area (Å²) >= 11 is 0. The van der Waals surface area contributed by atoms with E-state index in [2.05, 4.69) is 0 Å². The maximum atomic E-state index is 13.8. The molecule has 5 nitrogen and oxygen atoms in total. The summed E-state index contributed by atoms with van der Waals surface area (Å²) in [4.78, 5) is 13.8. The van der Waals surface area contributed by atoms with Crippen molar-refractivity contribution in [1.29, 1.82) is 0 Å². The fourth-order valence-electron chi connectivity index (χ4n) is 3.56. The summed E-state index contributed by atoms with van der Waals surface area (Å²) < 4.78 is 64.1. The monoisotopic (exact) mass is 420 g/mol. The van der Waals surface area contributed by atoms with E-state index in [1.165, 1.54) is 4.90 Å². The van der Waals surface area contributed by atoms with Crippen LogP contribution in [0, 0.1) is 29.3 Å². The molecule has 0 bridgehead atoms. The smallest absolute Gasteiger partial charge is 0.237 e. The SMILES string of the molecule is CC(C)CS(=O)(=O)CC(=O)N1CCC([C@H](N)Cc2cc(F)c(F)cc2F)CC1. The van der Waals surface area contributed by atoms with Gasteiger partial charge in [0.2, 0.25) is 5.91 Å². The number of likely N-dealkylation sites (tertiary alicyclic amines) is 1. The van der Waals surface area contributed by atoms with Gasteiger partial charge < -0.3 is 10.6 Å². The van der Waals surface area contributed by atoms with E-state index in [4.69, 9.17) is 5.73 Å². The summed E-state index contributed by atoms with van der Waals surface area (Å²) in [6.45, 7) is 4.30. The van der Waals surface area contributed by atoms with Crippen molar-refractivity contribution in [2.24, 2.45) is 17.6 Å². The second kappa shape index (κ2) is 9.26. The molecule has 0 aromatic heterocycles. The number of carbonyl (C=O) groups is 1. The topological polar surface area (TPSA) is 80.5 Å². The van der Waals surface area contributed by atoms with Gasteiger partial charge in [0.15, 0.2) is 21.5 Å². The summed E-state index contributed by atoms with van der Waals surface area (Å²) in [7, 11) is -3.44. The molecule has 28 heavy (non-hydrogen) atoms. The lowest BCUT2D eigenvalue weighted by Crippen LogP contribution is -2.46. The number of hydrogen-bond donors (Lipinski definition) is 1. The van der Waals surface area contributed by atoms with Gasteiger partial charge in [-0.15, -0.1) is 0 Å². The van der Waals surface area contributed by atoms with Gasteiger partial charge >= 0.3 is 0 Å². The number of halogens is 3. The zero-order chi connectivity index (χ0) is 21.1. The van der Waals surface area contributed by atoms with Crippen LogP contribution in [0.3, 0.4) is 0 Å². The van der Waals surface area contributed by atoms with Gasteiger partial charge in [0.05, 0.1) is 5.75 Å². The van der Waals surface area contributed by atoms with E-state index in [1.54, 1.807) is 13.8 Å². The van der Waals surface area contributed by atoms with Crippen molar-refractivity contribution in [1.82, 2.24) is 4.90 Å². The number of benzene rings is 1. The number of nitrogens with two attached hydrogens (primary N) is 1. The van der Waals surface area contributed by atoms with Crippen LogP contribution in [0.15, 0.2) is 12.1 Å². The number of amides is 1. The third-order valence-electron chi connectivity index (χ3n) is 4.97. The molecule has 1 aliphatic rings. The standard InChI is InChI=1S/C19H27F3N2O3S/c1-12(2)10-28(26,27)11-19(25)24-5-3-13(4-6-24)18(23)8-14-7-16(21)17(22)9-15(14)20/h7,9,12-13,18H,3-6,8,10-11,23H2,1-2H3/t18-/m1/s1. The molecule has 2 N–H and O–H groups in total. The van der Waals surface area contributed by atoms with E-state index in [0.717, 1.165) is 6.07 Å². The predicted octanol–water partition coefficient (Wildman–Crippen LogP) is 2.28. The number of hydrogen-bond acceptors (Lipinski definition) is 4. The molecule has 0 unspecified atom stereocenters. The molecule has 0 radical (unpaired) electrons. The Morgan fingerprint density at radius 1 is 1.14 bits per heavy atom. The van der Waals surface area contributed by atoms with Crippen LogP contribution in [0.5, 0.6) is 0 Å². The Morgan fingerprint density at radius 3 is 2.29 bits per heavy atom. The second-order valence-corrected chi connectivity index (χ2v) is 10.0. The molecule has 1 atom stereocenters. The van der Waals surface area contributed by atoms with Crippen LogP contribution in [-0.2, 0) is 21.1 Å². The predicted molar refractivity (Wildman–Crippen MR) is 101 cm³/mol. The average molecular weight is 420 g/mol. The van der Waals surface area contributed by atoms with Gasteiger partial charge in [-0.05, 0) is 42.7 Å². The molecule has 9 heteroatoms. The van der Waals surface area contributed by atoms with E-state index in [0.29, 0.717) is 32.0 Å². The fourth-order valence-corrected chi connectivity index (χ4v) is 5.26. The van der Waals surface area contributed by atoms with Gasteiger partial charge in [-0.2, -0.15) is 0 Å². The van der Waals surface area contributed by atoms with Crippen LogP contribution in [-0.4, -0.2) is 49.9 Å². The van der Waals surface area contributed by atoms with E-state index < -0.39 is 45.0 Å². The van der Waals surface area contributed by atoms with Crippen molar-refractivity contribution in [3.63, 3.8) is 0 Å². The molecule has 1 aliphatic heterocycles. The third kappa shape index (κ3) is 6.20. The lowest BCUT2D eigenvalue weighted by atomic mass is 9.86. The van der Waals surface area contributed by atoms with Crippen molar-refractivity contribution in [3.8, 4) is 0 Å². The number of sulfone groups is 1. The van der Waals surface area contributed by atoms with Gasteiger partial charge in [0, 0.05) is 25.2 Å². The molecule has 1 aromatic rings. The zero-order valence-electron chi connectivity index (χ0n) is 16.1. The van der Waals surface area contributed by atoms with Crippen LogP contribution in [0.1, 0.15) is 32.3 Å². The third-order valence-corrected chi connectivity index (χ3v) is 6.83. The van der Waals surface area contributed by atoms with Crippen LogP contribution in [0.25, 0.3) is 0 Å². The minimum Gasteiger partial charge on any atom is -0.342 e. The normalized spacial score (nSPS) is 17.2. The molecule has 0 spiro atoms. The number of carbonyl (C=O) groups excluding carboxylic acids is 1. The van der Waals surface area contributed by atoms with E-state index in [9.17, 15) is 26.4 Å². The lowest BCUT2D eigenvalue weighted by Gasteiger charge is -2.35. The van der Waals surface area contributed by atoms with E-state index in [1.807, 2.05) is 0 Å². The minimum atomic E-state index is -3.44. The van der Waals surface area contributed by atoms with Crippen molar-refractivity contribution >= 4 is 15.7 Å². The van der Waals surface area contributed by atoms with Crippen molar-refractivity contribution in [3.05, 3.63) is 35.1 Å². The quantitative estimate of drug-likeness (QED) is 0.687. The summed E-state index contributed by atoms with van der Waals surface area (Å²) in [5, 5.41) is 0. The van der Waals surface area contributed by atoms with Gasteiger partial charge in [-0.3, -0.25) is 4.79 Å². The highest BCUT2D eigenvalue weighted by Gasteiger charge is 2.29. The molecule has 158 valence electrons. The summed E-state index contributed by atoms with van der Waals surface area (Å²) in [5.41, 5.74) is 6.15. The first-order chi connectivity index (χ1) is 13.0. The molecule has 1 amide bonds. The molecule has 0 saturated carbocycles. The number of piperidine rings is 1. The maximum Gasteiger partial charge on any atom is 0.237 e. The van der Waals surface area contributed by atoms with Gasteiger partial charge in [0.25, 0.3) is 0 Å². The van der Waals surface area contributed by atoms with Crippen molar-refractivity contribution in [2.45, 2.75) is 39.2 Å². The average Bonchev–Trinajstić information content (AvgIpc) is 2.58. The molecular weight excluding hydrogens is 393 g/mol.